The molecule has 0 unspecified atom stereocenters. The molecule has 172 valence electrons. The molecule has 2 aromatic rings. The SMILES string of the molecule is CCCCCCCNC(=O)N(C)c1cccc(-c2ccc(C=C(C)C(=O)OCC)cc2)c1. The minimum Gasteiger partial charge on any atom is -0.463 e. The summed E-state index contributed by atoms with van der Waals surface area (Å²) in [5.74, 6) is -0.299. The summed E-state index contributed by atoms with van der Waals surface area (Å²) in [5.41, 5.74) is 4.42. The van der Waals surface area contributed by atoms with Gasteiger partial charge in [-0.05, 0) is 55.2 Å². The van der Waals surface area contributed by atoms with E-state index in [0.717, 1.165) is 35.2 Å². The zero-order valence-electron chi connectivity index (χ0n) is 19.8. The van der Waals surface area contributed by atoms with Crippen molar-refractivity contribution in [1.29, 1.82) is 0 Å². The number of hydrogen-bond acceptors (Lipinski definition) is 3. The summed E-state index contributed by atoms with van der Waals surface area (Å²) in [6.45, 7) is 6.81. The Morgan fingerprint density at radius 2 is 1.69 bits per heavy atom. The lowest BCUT2D eigenvalue weighted by Gasteiger charge is -2.19. The number of rotatable bonds is 11. The van der Waals surface area contributed by atoms with Gasteiger partial charge in [-0.2, -0.15) is 0 Å². The number of ether oxygens (including phenoxy) is 1. The van der Waals surface area contributed by atoms with Crippen molar-refractivity contribution in [2.24, 2.45) is 0 Å². The molecule has 0 radical (unpaired) electrons. The van der Waals surface area contributed by atoms with Crippen molar-refractivity contribution in [1.82, 2.24) is 5.32 Å². The van der Waals surface area contributed by atoms with E-state index < -0.39 is 0 Å². The molecule has 0 saturated carbocycles. The van der Waals surface area contributed by atoms with E-state index in [4.69, 9.17) is 4.74 Å². The summed E-state index contributed by atoms with van der Waals surface area (Å²) in [4.78, 5) is 25.9. The Labute approximate surface area is 192 Å². The van der Waals surface area contributed by atoms with Gasteiger partial charge in [-0.1, -0.05) is 69.0 Å². The van der Waals surface area contributed by atoms with E-state index in [9.17, 15) is 9.59 Å². The van der Waals surface area contributed by atoms with Gasteiger partial charge in [0.05, 0.1) is 6.61 Å². The van der Waals surface area contributed by atoms with Crippen LogP contribution in [0.3, 0.4) is 0 Å². The first-order valence-electron chi connectivity index (χ1n) is 11.5. The zero-order valence-corrected chi connectivity index (χ0v) is 19.8. The van der Waals surface area contributed by atoms with Gasteiger partial charge in [-0.15, -0.1) is 0 Å². The van der Waals surface area contributed by atoms with Gasteiger partial charge in [0.2, 0.25) is 0 Å². The highest BCUT2D eigenvalue weighted by Crippen LogP contribution is 2.25. The second-order valence-electron chi connectivity index (χ2n) is 7.93. The van der Waals surface area contributed by atoms with Crippen LogP contribution in [0.1, 0.15) is 58.4 Å². The summed E-state index contributed by atoms with van der Waals surface area (Å²) in [5, 5.41) is 3.00. The molecule has 0 atom stereocenters. The van der Waals surface area contributed by atoms with Crippen LogP contribution in [0.5, 0.6) is 0 Å². The number of urea groups is 1. The van der Waals surface area contributed by atoms with E-state index in [1.807, 2.05) is 54.6 Å². The summed E-state index contributed by atoms with van der Waals surface area (Å²) >= 11 is 0. The van der Waals surface area contributed by atoms with Gasteiger partial charge < -0.3 is 10.1 Å². The number of carbonyl (C=O) groups is 2. The van der Waals surface area contributed by atoms with E-state index in [1.54, 1.807) is 25.8 Å². The molecule has 0 aliphatic rings. The number of unbranched alkanes of at least 4 members (excludes halogenated alkanes) is 4. The third-order valence-electron chi connectivity index (χ3n) is 5.32. The molecule has 0 aromatic heterocycles. The quantitative estimate of drug-likeness (QED) is 0.251. The molecule has 5 heteroatoms. The summed E-state index contributed by atoms with van der Waals surface area (Å²) in [6.07, 6.45) is 7.68. The molecular weight excluding hydrogens is 400 g/mol. The fourth-order valence-electron chi connectivity index (χ4n) is 3.38. The van der Waals surface area contributed by atoms with E-state index in [0.29, 0.717) is 18.7 Å². The monoisotopic (exact) mass is 436 g/mol. The Morgan fingerprint density at radius 1 is 0.969 bits per heavy atom. The number of nitrogens with zero attached hydrogens (tertiary/aromatic N) is 1. The van der Waals surface area contributed by atoms with Crippen LogP contribution < -0.4 is 10.2 Å². The summed E-state index contributed by atoms with van der Waals surface area (Å²) < 4.78 is 5.03. The molecule has 0 bridgehead atoms. The first kappa shape index (κ1) is 25.2. The number of nitrogens with one attached hydrogen (secondary N) is 1. The lowest BCUT2D eigenvalue weighted by Crippen LogP contribution is -2.37. The van der Waals surface area contributed by atoms with Gasteiger partial charge in [-0.3, -0.25) is 4.90 Å². The molecule has 0 aliphatic heterocycles. The number of esters is 1. The average molecular weight is 437 g/mol. The van der Waals surface area contributed by atoms with Crippen LogP contribution in [-0.2, 0) is 9.53 Å². The van der Waals surface area contributed by atoms with E-state index in [2.05, 4.69) is 12.2 Å². The molecular formula is C27H36N2O3. The highest BCUT2D eigenvalue weighted by Gasteiger charge is 2.11. The fourth-order valence-corrected chi connectivity index (χ4v) is 3.38. The van der Waals surface area contributed by atoms with Gasteiger partial charge in [0.1, 0.15) is 0 Å². The Hall–Kier alpha value is -3.08. The van der Waals surface area contributed by atoms with Crippen molar-refractivity contribution in [3.8, 4) is 11.1 Å². The number of hydrogen-bond donors (Lipinski definition) is 1. The van der Waals surface area contributed by atoms with Crippen LogP contribution in [0.2, 0.25) is 0 Å². The normalized spacial score (nSPS) is 11.2. The van der Waals surface area contributed by atoms with Gasteiger partial charge in [0.25, 0.3) is 0 Å². The third-order valence-corrected chi connectivity index (χ3v) is 5.32. The number of benzene rings is 2. The second-order valence-corrected chi connectivity index (χ2v) is 7.93. The predicted molar refractivity (Wildman–Crippen MR) is 133 cm³/mol. The molecule has 2 amide bonds. The van der Waals surface area contributed by atoms with Crippen molar-refractivity contribution in [2.75, 3.05) is 25.1 Å². The molecule has 0 saturated heterocycles. The third kappa shape index (κ3) is 7.88. The van der Waals surface area contributed by atoms with Crippen molar-refractivity contribution >= 4 is 23.8 Å². The largest absolute Gasteiger partial charge is 0.463 e. The van der Waals surface area contributed by atoms with Crippen LogP contribution in [0.15, 0.2) is 54.1 Å². The lowest BCUT2D eigenvalue weighted by atomic mass is 10.0. The molecule has 0 heterocycles. The second kappa shape index (κ2) is 13.4. The zero-order chi connectivity index (χ0) is 23.3. The van der Waals surface area contributed by atoms with Crippen molar-refractivity contribution in [3.63, 3.8) is 0 Å². The lowest BCUT2D eigenvalue weighted by molar-refractivity contribution is -0.138. The maximum atomic E-state index is 12.5. The van der Waals surface area contributed by atoms with E-state index >= 15 is 0 Å². The molecule has 2 aromatic carbocycles. The molecule has 0 aliphatic carbocycles. The maximum Gasteiger partial charge on any atom is 0.333 e. The predicted octanol–water partition coefficient (Wildman–Crippen LogP) is 6.44. The van der Waals surface area contributed by atoms with Crippen LogP contribution in [-0.4, -0.2) is 32.2 Å². The smallest absolute Gasteiger partial charge is 0.333 e. The van der Waals surface area contributed by atoms with Gasteiger partial charge in [0.15, 0.2) is 0 Å². The Kier molecular flexibility index (Phi) is 10.5. The highest BCUT2D eigenvalue weighted by molar-refractivity contribution is 5.93. The van der Waals surface area contributed by atoms with E-state index in [1.165, 1.54) is 19.3 Å². The molecule has 2 rings (SSSR count). The molecule has 0 fully saturated rings. The Bertz CT molecular complexity index is 903. The van der Waals surface area contributed by atoms with Gasteiger partial charge >= 0.3 is 12.0 Å². The van der Waals surface area contributed by atoms with Crippen molar-refractivity contribution in [2.45, 2.75) is 52.9 Å². The van der Waals surface area contributed by atoms with Gasteiger partial charge in [0, 0.05) is 24.9 Å². The number of amides is 2. The van der Waals surface area contributed by atoms with Crippen LogP contribution in [0, 0.1) is 0 Å². The minimum absolute atomic E-state index is 0.0902. The molecule has 32 heavy (non-hydrogen) atoms. The Morgan fingerprint density at radius 3 is 2.38 bits per heavy atom. The highest BCUT2D eigenvalue weighted by atomic mass is 16.5. The minimum atomic E-state index is -0.299. The number of anilines is 1. The fraction of sp³-hybridized carbons (Fsp3) is 0.407. The van der Waals surface area contributed by atoms with Crippen molar-refractivity contribution in [3.05, 3.63) is 59.7 Å². The van der Waals surface area contributed by atoms with Crippen LogP contribution in [0.25, 0.3) is 17.2 Å². The van der Waals surface area contributed by atoms with Gasteiger partial charge in [-0.25, -0.2) is 9.59 Å². The van der Waals surface area contributed by atoms with Crippen LogP contribution >= 0.6 is 0 Å². The molecule has 5 nitrogen and oxygen atoms in total. The molecule has 1 N–H and O–H groups in total. The number of carbonyl (C=O) groups excluding carboxylic acids is 2. The summed E-state index contributed by atoms with van der Waals surface area (Å²) in [6, 6.07) is 15.8. The Balaban J connectivity index is 2.00. The molecule has 0 spiro atoms. The first-order chi connectivity index (χ1) is 15.5. The average Bonchev–Trinajstić information content (AvgIpc) is 2.81. The van der Waals surface area contributed by atoms with Crippen LogP contribution in [0.4, 0.5) is 10.5 Å². The van der Waals surface area contributed by atoms with Crippen molar-refractivity contribution < 1.29 is 14.3 Å². The topological polar surface area (TPSA) is 58.6 Å². The summed E-state index contributed by atoms with van der Waals surface area (Å²) in [7, 11) is 1.79. The van der Waals surface area contributed by atoms with E-state index in [-0.39, 0.29) is 12.0 Å². The maximum absolute atomic E-state index is 12.5. The standard InChI is InChI=1S/C27H36N2O3/c1-5-7-8-9-10-18-28-27(31)29(4)25-13-11-12-24(20-25)23-16-14-22(15-17-23)19-21(3)26(30)32-6-2/h11-17,19-20H,5-10,18H2,1-4H3,(H,28,31). The first-order valence-corrected chi connectivity index (χ1v) is 11.5.